The third-order valence-electron chi connectivity index (χ3n) is 3.31. The number of hydrogen-bond donors (Lipinski definition) is 1. The van der Waals surface area contributed by atoms with Crippen LogP contribution in [0.4, 0.5) is 0 Å². The van der Waals surface area contributed by atoms with E-state index in [0.717, 1.165) is 16.9 Å². The van der Waals surface area contributed by atoms with Crippen molar-refractivity contribution in [3.63, 3.8) is 0 Å². The molecule has 116 valence electrons. The molecule has 0 saturated carbocycles. The number of rotatable bonds is 7. The number of ether oxygens (including phenoxy) is 1. The average molecular weight is 293 g/mol. The van der Waals surface area contributed by atoms with Crippen LogP contribution < -0.4 is 4.74 Å². The molecule has 5 nitrogen and oxygen atoms in total. The first-order valence-corrected chi connectivity index (χ1v) is 7.04. The highest BCUT2D eigenvalue weighted by Gasteiger charge is 2.24. The maximum absolute atomic E-state index is 12.0. The maximum atomic E-state index is 12.0. The highest BCUT2D eigenvalue weighted by atomic mass is 16.5. The second kappa shape index (κ2) is 7.67. The van der Waals surface area contributed by atoms with E-state index >= 15 is 0 Å². The van der Waals surface area contributed by atoms with E-state index in [0.29, 0.717) is 6.42 Å². The molecule has 1 unspecified atom stereocenters. The standard InChI is InChI=1S/C16H23NO4/c1-5-14(16(19)20)17(4)15(18)6-7-21-13-9-11(2)8-12(3)10-13/h8-10,14H,5-7H2,1-4H3,(H,19,20). The lowest BCUT2D eigenvalue weighted by Crippen LogP contribution is -2.42. The van der Waals surface area contributed by atoms with E-state index in [2.05, 4.69) is 0 Å². The summed E-state index contributed by atoms with van der Waals surface area (Å²) in [5.74, 6) is -0.481. The molecule has 0 aliphatic heterocycles. The van der Waals surface area contributed by atoms with Crippen LogP contribution in [0, 0.1) is 13.8 Å². The van der Waals surface area contributed by atoms with E-state index in [1.807, 2.05) is 32.0 Å². The summed E-state index contributed by atoms with van der Waals surface area (Å²) in [5.41, 5.74) is 2.20. The van der Waals surface area contributed by atoms with Crippen LogP contribution in [-0.4, -0.2) is 41.6 Å². The Morgan fingerprint density at radius 2 is 1.81 bits per heavy atom. The van der Waals surface area contributed by atoms with Gasteiger partial charge in [-0.1, -0.05) is 13.0 Å². The van der Waals surface area contributed by atoms with Gasteiger partial charge in [-0.15, -0.1) is 0 Å². The monoisotopic (exact) mass is 293 g/mol. The van der Waals surface area contributed by atoms with E-state index in [4.69, 9.17) is 9.84 Å². The summed E-state index contributed by atoms with van der Waals surface area (Å²) in [6.45, 7) is 5.95. The van der Waals surface area contributed by atoms with Gasteiger partial charge >= 0.3 is 5.97 Å². The molecule has 1 N–H and O–H groups in total. The predicted molar refractivity (Wildman–Crippen MR) is 80.5 cm³/mol. The van der Waals surface area contributed by atoms with Crippen LogP contribution in [0.15, 0.2) is 18.2 Å². The van der Waals surface area contributed by atoms with Crippen molar-refractivity contribution in [2.45, 2.75) is 39.7 Å². The minimum Gasteiger partial charge on any atom is -0.493 e. The molecule has 1 aromatic rings. The second-order valence-electron chi connectivity index (χ2n) is 5.19. The van der Waals surface area contributed by atoms with Crippen LogP contribution in [0.5, 0.6) is 5.75 Å². The van der Waals surface area contributed by atoms with Crippen LogP contribution >= 0.6 is 0 Å². The molecule has 0 radical (unpaired) electrons. The van der Waals surface area contributed by atoms with Crippen molar-refractivity contribution in [1.29, 1.82) is 0 Å². The fraction of sp³-hybridized carbons (Fsp3) is 0.500. The normalized spacial score (nSPS) is 11.8. The molecule has 1 amide bonds. The summed E-state index contributed by atoms with van der Waals surface area (Å²) in [7, 11) is 1.52. The number of aryl methyl sites for hydroxylation is 2. The van der Waals surface area contributed by atoms with Gasteiger partial charge in [-0.25, -0.2) is 4.79 Å². The van der Waals surface area contributed by atoms with Crippen LogP contribution in [0.3, 0.4) is 0 Å². The molecule has 0 fully saturated rings. The third kappa shape index (κ3) is 5.10. The Hall–Kier alpha value is -2.04. The molecular weight excluding hydrogens is 270 g/mol. The molecule has 5 heteroatoms. The van der Waals surface area contributed by atoms with Crippen LogP contribution in [-0.2, 0) is 9.59 Å². The summed E-state index contributed by atoms with van der Waals surface area (Å²) in [6.07, 6.45) is 0.544. The largest absolute Gasteiger partial charge is 0.493 e. The fourth-order valence-corrected chi connectivity index (χ4v) is 2.24. The first kappa shape index (κ1) is 17.0. The van der Waals surface area contributed by atoms with E-state index in [1.165, 1.54) is 11.9 Å². The summed E-state index contributed by atoms with van der Waals surface area (Å²) >= 11 is 0. The number of benzene rings is 1. The van der Waals surface area contributed by atoms with E-state index < -0.39 is 12.0 Å². The minimum atomic E-state index is -0.983. The summed E-state index contributed by atoms with van der Waals surface area (Å²) < 4.78 is 5.57. The van der Waals surface area contributed by atoms with Gasteiger partial charge in [0.2, 0.25) is 5.91 Å². The summed E-state index contributed by atoms with van der Waals surface area (Å²) in [4.78, 5) is 24.2. The van der Waals surface area contributed by atoms with Crippen molar-refractivity contribution in [2.75, 3.05) is 13.7 Å². The number of amides is 1. The molecule has 1 atom stereocenters. The van der Waals surface area contributed by atoms with Crippen molar-refractivity contribution in [3.8, 4) is 5.75 Å². The highest BCUT2D eigenvalue weighted by Crippen LogP contribution is 2.16. The highest BCUT2D eigenvalue weighted by molar-refractivity contribution is 5.83. The Kier molecular flexibility index (Phi) is 6.21. The zero-order valence-electron chi connectivity index (χ0n) is 13.0. The zero-order valence-corrected chi connectivity index (χ0v) is 13.0. The van der Waals surface area contributed by atoms with Gasteiger partial charge < -0.3 is 14.7 Å². The van der Waals surface area contributed by atoms with Gasteiger partial charge in [0.05, 0.1) is 13.0 Å². The van der Waals surface area contributed by atoms with E-state index in [1.54, 1.807) is 6.92 Å². The fourth-order valence-electron chi connectivity index (χ4n) is 2.24. The van der Waals surface area contributed by atoms with Crippen molar-refractivity contribution >= 4 is 11.9 Å². The molecule has 1 aromatic carbocycles. The lowest BCUT2D eigenvalue weighted by molar-refractivity contribution is -0.149. The van der Waals surface area contributed by atoms with Crippen molar-refractivity contribution in [2.24, 2.45) is 0 Å². The van der Waals surface area contributed by atoms with E-state index in [-0.39, 0.29) is 18.9 Å². The Morgan fingerprint density at radius 3 is 2.29 bits per heavy atom. The molecule has 0 spiro atoms. The molecule has 0 bridgehead atoms. The Bertz CT molecular complexity index is 493. The van der Waals surface area contributed by atoms with Crippen LogP contribution in [0.2, 0.25) is 0 Å². The number of carbonyl (C=O) groups is 2. The maximum Gasteiger partial charge on any atom is 0.326 e. The van der Waals surface area contributed by atoms with E-state index in [9.17, 15) is 9.59 Å². The van der Waals surface area contributed by atoms with Gasteiger partial charge in [0.25, 0.3) is 0 Å². The third-order valence-corrected chi connectivity index (χ3v) is 3.31. The number of likely N-dealkylation sites (N-methyl/N-ethyl adjacent to an activating group) is 1. The van der Waals surface area contributed by atoms with Gasteiger partial charge in [0.1, 0.15) is 11.8 Å². The number of carboxylic acid groups (broad SMARTS) is 1. The molecule has 0 aliphatic rings. The van der Waals surface area contributed by atoms with Crippen LogP contribution in [0.1, 0.15) is 30.9 Å². The number of nitrogens with zero attached hydrogens (tertiary/aromatic N) is 1. The lowest BCUT2D eigenvalue weighted by atomic mass is 10.1. The van der Waals surface area contributed by atoms with Crippen LogP contribution in [0.25, 0.3) is 0 Å². The number of carbonyl (C=O) groups excluding carboxylic acids is 1. The first-order chi connectivity index (χ1) is 9.85. The van der Waals surface area contributed by atoms with Crippen molar-refractivity contribution < 1.29 is 19.4 Å². The zero-order chi connectivity index (χ0) is 16.0. The summed E-state index contributed by atoms with van der Waals surface area (Å²) in [6, 6.07) is 5.09. The molecule has 21 heavy (non-hydrogen) atoms. The molecular formula is C16H23NO4. The average Bonchev–Trinajstić information content (AvgIpc) is 2.37. The summed E-state index contributed by atoms with van der Waals surface area (Å²) in [5, 5.41) is 9.03. The minimum absolute atomic E-state index is 0.160. The number of hydrogen-bond acceptors (Lipinski definition) is 3. The van der Waals surface area contributed by atoms with Crippen molar-refractivity contribution in [1.82, 2.24) is 4.90 Å². The first-order valence-electron chi connectivity index (χ1n) is 7.04. The van der Waals surface area contributed by atoms with Gasteiger partial charge in [0.15, 0.2) is 0 Å². The van der Waals surface area contributed by atoms with Gasteiger partial charge in [-0.05, 0) is 43.5 Å². The topological polar surface area (TPSA) is 66.8 Å². The van der Waals surface area contributed by atoms with Gasteiger partial charge in [-0.2, -0.15) is 0 Å². The smallest absolute Gasteiger partial charge is 0.326 e. The van der Waals surface area contributed by atoms with Gasteiger partial charge in [-0.3, -0.25) is 4.79 Å². The lowest BCUT2D eigenvalue weighted by Gasteiger charge is -2.23. The molecule has 0 heterocycles. The molecule has 0 saturated heterocycles. The Labute approximate surface area is 125 Å². The number of carboxylic acids is 1. The number of aliphatic carboxylic acids is 1. The van der Waals surface area contributed by atoms with Crippen molar-refractivity contribution in [3.05, 3.63) is 29.3 Å². The Balaban J connectivity index is 2.51. The second-order valence-corrected chi connectivity index (χ2v) is 5.19. The SMILES string of the molecule is CCC(C(=O)O)N(C)C(=O)CCOc1cc(C)cc(C)c1. The molecule has 0 aromatic heterocycles. The Morgan fingerprint density at radius 1 is 1.24 bits per heavy atom. The molecule has 1 rings (SSSR count). The quantitative estimate of drug-likeness (QED) is 0.838. The predicted octanol–water partition coefficient (Wildman–Crippen LogP) is 2.39. The molecule has 0 aliphatic carbocycles. The van der Waals surface area contributed by atoms with Gasteiger partial charge in [0, 0.05) is 7.05 Å².